The Morgan fingerprint density at radius 3 is 2.31 bits per heavy atom. The van der Waals surface area contributed by atoms with Crippen LogP contribution in [0.5, 0.6) is 0 Å². The first kappa shape index (κ1) is 14.0. The number of hydrogen-bond acceptors (Lipinski definition) is 2. The molecule has 0 spiro atoms. The standard InChI is InChI=1S/C14H30N2/c1-3-8-12(2)14(16-15)11-13-9-6-4-5-7-10-13/h12-14,16H,3-11,15H2,1-2H3. The predicted octanol–water partition coefficient (Wildman–Crippen LogP) is 3.62. The van der Waals surface area contributed by atoms with Crippen molar-refractivity contribution >= 4 is 0 Å². The van der Waals surface area contributed by atoms with Crippen LogP contribution in [0.2, 0.25) is 0 Å². The van der Waals surface area contributed by atoms with Gasteiger partial charge in [0.1, 0.15) is 0 Å². The highest BCUT2D eigenvalue weighted by molar-refractivity contribution is 4.76. The minimum atomic E-state index is 0.531. The minimum absolute atomic E-state index is 0.531. The van der Waals surface area contributed by atoms with E-state index in [0.717, 1.165) is 11.8 Å². The summed E-state index contributed by atoms with van der Waals surface area (Å²) >= 11 is 0. The van der Waals surface area contributed by atoms with Gasteiger partial charge in [-0.1, -0.05) is 58.8 Å². The van der Waals surface area contributed by atoms with E-state index in [1.54, 1.807) is 0 Å². The maximum Gasteiger partial charge on any atom is 0.0238 e. The first-order chi connectivity index (χ1) is 7.77. The molecule has 0 radical (unpaired) electrons. The van der Waals surface area contributed by atoms with Crippen molar-refractivity contribution in [1.29, 1.82) is 0 Å². The number of rotatable bonds is 6. The molecule has 2 unspecified atom stereocenters. The van der Waals surface area contributed by atoms with E-state index in [9.17, 15) is 0 Å². The lowest BCUT2D eigenvalue weighted by atomic mass is 9.86. The van der Waals surface area contributed by atoms with Gasteiger partial charge in [-0.25, -0.2) is 0 Å². The van der Waals surface area contributed by atoms with Gasteiger partial charge in [0.05, 0.1) is 0 Å². The SMILES string of the molecule is CCCC(C)C(CC1CCCCCC1)NN. The summed E-state index contributed by atoms with van der Waals surface area (Å²) in [6.45, 7) is 4.60. The summed E-state index contributed by atoms with van der Waals surface area (Å²) < 4.78 is 0. The lowest BCUT2D eigenvalue weighted by molar-refractivity contribution is 0.279. The zero-order valence-corrected chi connectivity index (χ0v) is 11.2. The molecule has 0 aromatic heterocycles. The monoisotopic (exact) mass is 226 g/mol. The molecule has 3 N–H and O–H groups in total. The molecule has 0 amide bonds. The summed E-state index contributed by atoms with van der Waals surface area (Å²) in [5.41, 5.74) is 3.05. The van der Waals surface area contributed by atoms with Gasteiger partial charge in [-0.3, -0.25) is 11.3 Å². The average Bonchev–Trinajstić information content (AvgIpc) is 2.54. The second-order valence-electron chi connectivity index (χ2n) is 5.63. The average molecular weight is 226 g/mol. The summed E-state index contributed by atoms with van der Waals surface area (Å²) in [6, 6.07) is 0.531. The second kappa shape index (κ2) is 8.08. The van der Waals surface area contributed by atoms with Crippen LogP contribution < -0.4 is 11.3 Å². The molecule has 2 atom stereocenters. The number of nitrogens with one attached hydrogen (secondary N) is 1. The number of hydrogen-bond donors (Lipinski definition) is 2. The van der Waals surface area contributed by atoms with Crippen molar-refractivity contribution < 1.29 is 0 Å². The molecule has 0 heterocycles. The Morgan fingerprint density at radius 2 is 1.81 bits per heavy atom. The van der Waals surface area contributed by atoms with Crippen LogP contribution in [0.15, 0.2) is 0 Å². The highest BCUT2D eigenvalue weighted by atomic mass is 15.2. The molecule has 2 nitrogen and oxygen atoms in total. The molecule has 0 bridgehead atoms. The summed E-state index contributed by atoms with van der Waals surface area (Å²) in [5, 5.41) is 0. The Morgan fingerprint density at radius 1 is 1.19 bits per heavy atom. The predicted molar refractivity (Wildman–Crippen MR) is 71.0 cm³/mol. The van der Waals surface area contributed by atoms with Gasteiger partial charge in [0.2, 0.25) is 0 Å². The summed E-state index contributed by atoms with van der Waals surface area (Å²) in [5.74, 6) is 7.35. The van der Waals surface area contributed by atoms with Crippen molar-refractivity contribution in [3.05, 3.63) is 0 Å². The highest BCUT2D eigenvalue weighted by Crippen LogP contribution is 2.28. The molecule has 0 aliphatic heterocycles. The second-order valence-corrected chi connectivity index (χ2v) is 5.63. The smallest absolute Gasteiger partial charge is 0.0238 e. The topological polar surface area (TPSA) is 38.0 Å². The molecular formula is C14H30N2. The van der Waals surface area contributed by atoms with Crippen LogP contribution in [-0.4, -0.2) is 6.04 Å². The molecule has 96 valence electrons. The first-order valence-electron chi connectivity index (χ1n) is 7.24. The zero-order valence-electron chi connectivity index (χ0n) is 11.2. The molecule has 16 heavy (non-hydrogen) atoms. The number of hydrazine groups is 1. The van der Waals surface area contributed by atoms with Crippen LogP contribution in [-0.2, 0) is 0 Å². The Hall–Kier alpha value is -0.0800. The molecule has 1 fully saturated rings. The molecular weight excluding hydrogens is 196 g/mol. The molecule has 1 saturated carbocycles. The van der Waals surface area contributed by atoms with Crippen LogP contribution in [0.25, 0.3) is 0 Å². The van der Waals surface area contributed by atoms with Gasteiger partial charge < -0.3 is 0 Å². The van der Waals surface area contributed by atoms with Crippen LogP contribution in [0.4, 0.5) is 0 Å². The fourth-order valence-corrected chi connectivity index (χ4v) is 3.08. The van der Waals surface area contributed by atoms with Crippen LogP contribution in [0, 0.1) is 11.8 Å². The van der Waals surface area contributed by atoms with Gasteiger partial charge in [-0.05, 0) is 24.7 Å². The number of nitrogens with two attached hydrogens (primary N) is 1. The van der Waals surface area contributed by atoms with E-state index in [-0.39, 0.29) is 0 Å². The molecule has 2 heteroatoms. The molecule has 0 aromatic carbocycles. The Bertz CT molecular complexity index is 162. The lowest BCUT2D eigenvalue weighted by Gasteiger charge is -2.27. The highest BCUT2D eigenvalue weighted by Gasteiger charge is 2.21. The normalized spacial score (nSPS) is 22.7. The molecule has 0 aromatic rings. The Labute approximate surface area is 101 Å². The molecule has 0 saturated heterocycles. The molecule has 1 aliphatic carbocycles. The van der Waals surface area contributed by atoms with Crippen molar-refractivity contribution in [3.63, 3.8) is 0 Å². The van der Waals surface area contributed by atoms with Gasteiger partial charge in [-0.2, -0.15) is 0 Å². The summed E-state index contributed by atoms with van der Waals surface area (Å²) in [7, 11) is 0. The Kier molecular flexibility index (Phi) is 7.06. The van der Waals surface area contributed by atoms with Crippen molar-refractivity contribution in [2.75, 3.05) is 0 Å². The fourth-order valence-electron chi connectivity index (χ4n) is 3.08. The zero-order chi connectivity index (χ0) is 11.8. The van der Waals surface area contributed by atoms with Gasteiger partial charge >= 0.3 is 0 Å². The van der Waals surface area contributed by atoms with Crippen molar-refractivity contribution in [3.8, 4) is 0 Å². The van der Waals surface area contributed by atoms with E-state index < -0.39 is 0 Å². The van der Waals surface area contributed by atoms with E-state index in [1.165, 1.54) is 57.8 Å². The first-order valence-corrected chi connectivity index (χ1v) is 7.24. The summed E-state index contributed by atoms with van der Waals surface area (Å²) in [6.07, 6.45) is 12.5. The van der Waals surface area contributed by atoms with E-state index in [1.807, 2.05) is 0 Å². The van der Waals surface area contributed by atoms with Gasteiger partial charge in [0.15, 0.2) is 0 Å². The van der Waals surface area contributed by atoms with Gasteiger partial charge in [0, 0.05) is 6.04 Å². The van der Waals surface area contributed by atoms with Gasteiger partial charge in [0.25, 0.3) is 0 Å². The van der Waals surface area contributed by atoms with E-state index in [4.69, 9.17) is 5.84 Å². The van der Waals surface area contributed by atoms with Crippen molar-refractivity contribution in [2.45, 2.75) is 77.7 Å². The largest absolute Gasteiger partial charge is 0.271 e. The molecule has 1 aliphatic rings. The van der Waals surface area contributed by atoms with Crippen LogP contribution in [0.1, 0.15) is 71.6 Å². The third kappa shape index (κ3) is 4.84. The minimum Gasteiger partial charge on any atom is -0.271 e. The quantitative estimate of drug-likeness (QED) is 0.412. The Balaban J connectivity index is 2.35. The third-order valence-electron chi connectivity index (χ3n) is 4.21. The van der Waals surface area contributed by atoms with E-state index >= 15 is 0 Å². The molecule has 1 rings (SSSR count). The lowest BCUT2D eigenvalue weighted by Crippen LogP contribution is -2.41. The van der Waals surface area contributed by atoms with E-state index in [0.29, 0.717) is 6.04 Å². The maximum atomic E-state index is 5.71. The summed E-state index contributed by atoms with van der Waals surface area (Å²) in [4.78, 5) is 0. The van der Waals surface area contributed by atoms with Crippen molar-refractivity contribution in [1.82, 2.24) is 5.43 Å². The maximum absolute atomic E-state index is 5.71. The van der Waals surface area contributed by atoms with Gasteiger partial charge in [-0.15, -0.1) is 0 Å². The fraction of sp³-hybridized carbons (Fsp3) is 1.00. The third-order valence-corrected chi connectivity index (χ3v) is 4.21. The van der Waals surface area contributed by atoms with Crippen LogP contribution in [0.3, 0.4) is 0 Å². The van der Waals surface area contributed by atoms with E-state index in [2.05, 4.69) is 19.3 Å². The van der Waals surface area contributed by atoms with Crippen LogP contribution >= 0.6 is 0 Å². The van der Waals surface area contributed by atoms with Crippen molar-refractivity contribution in [2.24, 2.45) is 17.7 Å².